The van der Waals surface area contributed by atoms with E-state index in [9.17, 15) is 8.42 Å². The molecule has 0 bridgehead atoms. The lowest BCUT2D eigenvalue weighted by Gasteiger charge is -2.21. The maximum Gasteiger partial charge on any atom is 0.0375 e. The van der Waals surface area contributed by atoms with E-state index in [1.54, 1.807) is 0 Å². The van der Waals surface area contributed by atoms with Gasteiger partial charge in [-0.1, -0.05) is 0 Å². The van der Waals surface area contributed by atoms with Gasteiger partial charge in [0, 0.05) is 42.6 Å². The van der Waals surface area contributed by atoms with Crippen LogP contribution in [-0.2, 0) is 21.6 Å². The molecule has 0 amide bonds. The smallest absolute Gasteiger partial charge is 0.0375 e. The molecule has 14 heavy (non-hydrogen) atoms. The van der Waals surface area contributed by atoms with Crippen LogP contribution in [0.2, 0.25) is 0 Å². The first-order valence-electron chi connectivity index (χ1n) is 4.82. The van der Waals surface area contributed by atoms with Crippen LogP contribution in [0.1, 0.15) is 41.5 Å². The molecule has 86 valence electrons. The fraction of sp³-hybridized carbons (Fsp3) is 1.00. The molecule has 0 radical (unpaired) electrons. The molecule has 0 aromatic rings. The van der Waals surface area contributed by atoms with Crippen LogP contribution in [0.5, 0.6) is 0 Å². The van der Waals surface area contributed by atoms with Crippen LogP contribution < -0.4 is 0 Å². The lowest BCUT2D eigenvalue weighted by molar-refractivity contribution is 0.643. The van der Waals surface area contributed by atoms with Crippen LogP contribution in [-0.4, -0.2) is 29.4 Å². The topological polar surface area (TPSA) is 34.1 Å². The SMILES string of the molecule is CC(C)(C)S(=O)CCS(=O)C(C)(C)C. The molecule has 0 spiro atoms. The first kappa shape index (κ1) is 14.3. The zero-order valence-corrected chi connectivity index (χ0v) is 11.7. The summed E-state index contributed by atoms with van der Waals surface area (Å²) in [5, 5.41) is 0. The summed E-state index contributed by atoms with van der Waals surface area (Å²) in [6.45, 7) is 11.7. The molecule has 4 heteroatoms. The van der Waals surface area contributed by atoms with Gasteiger partial charge in [0.2, 0.25) is 0 Å². The molecule has 0 aliphatic heterocycles. The summed E-state index contributed by atoms with van der Waals surface area (Å²) in [4.78, 5) is 0. The van der Waals surface area contributed by atoms with Crippen LogP contribution in [0, 0.1) is 0 Å². The summed E-state index contributed by atoms with van der Waals surface area (Å²) in [7, 11) is -1.77. The van der Waals surface area contributed by atoms with Gasteiger partial charge in [0.25, 0.3) is 0 Å². The minimum absolute atomic E-state index is 0.192. The predicted octanol–water partition coefficient (Wildman–Crippen LogP) is 2.08. The zero-order chi connectivity index (χ0) is 11.6. The van der Waals surface area contributed by atoms with Gasteiger partial charge < -0.3 is 0 Å². The fourth-order valence-corrected chi connectivity index (χ4v) is 3.20. The second kappa shape index (κ2) is 4.88. The molecule has 0 saturated carbocycles. The molecule has 2 atom stereocenters. The van der Waals surface area contributed by atoms with Crippen LogP contribution in [0.25, 0.3) is 0 Å². The second-order valence-corrected chi connectivity index (χ2v) is 9.97. The van der Waals surface area contributed by atoms with Crippen molar-refractivity contribution in [1.29, 1.82) is 0 Å². The van der Waals surface area contributed by atoms with Crippen LogP contribution in [0.3, 0.4) is 0 Å². The molecule has 0 aliphatic rings. The first-order valence-corrected chi connectivity index (χ1v) is 7.46. The maximum absolute atomic E-state index is 11.7. The molecule has 0 rings (SSSR count). The largest absolute Gasteiger partial charge is 0.259 e. The van der Waals surface area contributed by atoms with E-state index >= 15 is 0 Å². The summed E-state index contributed by atoms with van der Waals surface area (Å²) < 4.78 is 23.0. The van der Waals surface area contributed by atoms with Crippen molar-refractivity contribution >= 4 is 21.6 Å². The third kappa shape index (κ3) is 5.25. The Morgan fingerprint density at radius 2 is 0.929 bits per heavy atom. The van der Waals surface area contributed by atoms with Crippen LogP contribution >= 0.6 is 0 Å². The van der Waals surface area contributed by atoms with Crippen molar-refractivity contribution in [1.82, 2.24) is 0 Å². The van der Waals surface area contributed by atoms with E-state index in [0.717, 1.165) is 0 Å². The molecule has 0 saturated heterocycles. The molecular formula is C10H22O2S2. The lowest BCUT2D eigenvalue weighted by atomic mass is 10.3. The zero-order valence-electron chi connectivity index (χ0n) is 10.0. The average molecular weight is 238 g/mol. The summed E-state index contributed by atoms with van der Waals surface area (Å²) >= 11 is 0. The molecule has 0 heterocycles. The third-order valence-electron chi connectivity index (χ3n) is 1.82. The summed E-state index contributed by atoms with van der Waals surface area (Å²) in [6.07, 6.45) is 0. The second-order valence-electron chi connectivity index (χ2n) is 5.32. The molecule has 0 fully saturated rings. The van der Waals surface area contributed by atoms with Gasteiger partial charge in [0.15, 0.2) is 0 Å². The Labute approximate surface area is 92.8 Å². The van der Waals surface area contributed by atoms with Gasteiger partial charge in [-0.25, -0.2) is 0 Å². The molecule has 0 N–H and O–H groups in total. The van der Waals surface area contributed by atoms with Gasteiger partial charge >= 0.3 is 0 Å². The van der Waals surface area contributed by atoms with Crippen molar-refractivity contribution in [2.24, 2.45) is 0 Å². The van der Waals surface area contributed by atoms with E-state index in [2.05, 4.69) is 0 Å². The Morgan fingerprint density at radius 3 is 1.07 bits per heavy atom. The minimum Gasteiger partial charge on any atom is -0.259 e. The van der Waals surface area contributed by atoms with E-state index in [0.29, 0.717) is 11.5 Å². The standard InChI is InChI=1S/C10H22O2S2/c1-9(2,3)13(11)7-8-14(12)10(4,5)6/h7-8H2,1-6H3. The average Bonchev–Trinajstić information content (AvgIpc) is 1.95. The highest BCUT2D eigenvalue weighted by atomic mass is 32.2. The maximum atomic E-state index is 11.7. The highest BCUT2D eigenvalue weighted by molar-refractivity contribution is 7.90. The number of hydrogen-bond donors (Lipinski definition) is 0. The number of hydrogen-bond acceptors (Lipinski definition) is 2. The summed E-state index contributed by atoms with van der Waals surface area (Å²) in [5.41, 5.74) is 0. The van der Waals surface area contributed by atoms with Gasteiger partial charge in [0.05, 0.1) is 0 Å². The first-order chi connectivity index (χ1) is 6.05. The minimum atomic E-state index is -0.886. The Bertz CT molecular complexity index is 207. The Kier molecular flexibility index (Phi) is 4.99. The van der Waals surface area contributed by atoms with Gasteiger partial charge in [0.1, 0.15) is 0 Å². The highest BCUT2D eigenvalue weighted by Crippen LogP contribution is 2.15. The normalized spacial score (nSPS) is 17.9. The molecule has 0 aromatic carbocycles. The van der Waals surface area contributed by atoms with Crippen molar-refractivity contribution in [2.75, 3.05) is 11.5 Å². The Hall–Kier alpha value is 0.300. The molecule has 2 nitrogen and oxygen atoms in total. The van der Waals surface area contributed by atoms with Crippen LogP contribution in [0.4, 0.5) is 0 Å². The summed E-state index contributed by atoms with van der Waals surface area (Å²) in [6, 6.07) is 0. The van der Waals surface area contributed by atoms with E-state index in [1.807, 2.05) is 41.5 Å². The molecule has 2 unspecified atom stereocenters. The number of rotatable bonds is 3. The highest BCUT2D eigenvalue weighted by Gasteiger charge is 2.23. The quantitative estimate of drug-likeness (QED) is 0.754. The van der Waals surface area contributed by atoms with Crippen molar-refractivity contribution < 1.29 is 8.42 Å². The fourth-order valence-electron chi connectivity index (χ4n) is 0.764. The van der Waals surface area contributed by atoms with Gasteiger partial charge in [-0.05, 0) is 41.5 Å². The van der Waals surface area contributed by atoms with Gasteiger partial charge in [-0.3, -0.25) is 8.42 Å². The van der Waals surface area contributed by atoms with E-state index in [4.69, 9.17) is 0 Å². The van der Waals surface area contributed by atoms with Gasteiger partial charge in [-0.2, -0.15) is 0 Å². The van der Waals surface area contributed by atoms with Gasteiger partial charge in [-0.15, -0.1) is 0 Å². The molecule has 0 aliphatic carbocycles. The lowest BCUT2D eigenvalue weighted by Crippen LogP contribution is -2.30. The molecule has 0 aromatic heterocycles. The Balaban J connectivity index is 4.10. The third-order valence-corrected chi connectivity index (χ3v) is 5.96. The predicted molar refractivity (Wildman–Crippen MR) is 65.5 cm³/mol. The van der Waals surface area contributed by atoms with E-state index < -0.39 is 21.6 Å². The van der Waals surface area contributed by atoms with Crippen molar-refractivity contribution in [3.8, 4) is 0 Å². The molecular weight excluding hydrogens is 216 g/mol. The summed E-state index contributed by atoms with van der Waals surface area (Å²) in [5.74, 6) is 1.07. The van der Waals surface area contributed by atoms with Crippen molar-refractivity contribution in [2.45, 2.75) is 51.0 Å². The van der Waals surface area contributed by atoms with E-state index in [-0.39, 0.29) is 9.49 Å². The van der Waals surface area contributed by atoms with Crippen molar-refractivity contribution in [3.63, 3.8) is 0 Å². The van der Waals surface area contributed by atoms with E-state index in [1.165, 1.54) is 0 Å². The van der Waals surface area contributed by atoms with Crippen molar-refractivity contribution in [3.05, 3.63) is 0 Å². The monoisotopic (exact) mass is 238 g/mol. The van der Waals surface area contributed by atoms with Crippen LogP contribution in [0.15, 0.2) is 0 Å². The Morgan fingerprint density at radius 1 is 0.714 bits per heavy atom.